The fraction of sp³-hybridized carbons (Fsp3) is 0.300. The van der Waals surface area contributed by atoms with Crippen molar-refractivity contribution in [2.45, 2.75) is 31.5 Å². The zero-order valence-electron chi connectivity index (χ0n) is 14.9. The SMILES string of the molecule is CN1C(=O)Cc2cccc(OC(F)F)c2[C@H]2C[C@@H]1c1nc3ccc(Cl)cc3n12. The normalized spacial score (nSPS) is 20.9. The van der Waals surface area contributed by atoms with Gasteiger partial charge in [-0.2, -0.15) is 8.78 Å². The molecule has 3 aromatic rings. The molecule has 2 atom stereocenters. The van der Waals surface area contributed by atoms with Crippen LogP contribution in [-0.4, -0.2) is 34.0 Å². The highest BCUT2D eigenvalue weighted by molar-refractivity contribution is 6.31. The molecule has 0 aliphatic carbocycles. The molecule has 1 aromatic heterocycles. The van der Waals surface area contributed by atoms with Gasteiger partial charge in [-0.05, 0) is 29.8 Å². The Kier molecular flexibility index (Phi) is 3.84. The molecule has 2 aliphatic rings. The number of amides is 1. The minimum Gasteiger partial charge on any atom is -0.434 e. The Labute approximate surface area is 164 Å². The van der Waals surface area contributed by atoms with Crippen LogP contribution in [-0.2, 0) is 11.2 Å². The number of imidazole rings is 1. The van der Waals surface area contributed by atoms with E-state index in [2.05, 4.69) is 0 Å². The summed E-state index contributed by atoms with van der Waals surface area (Å²) in [6, 6.07) is 9.86. The number of ether oxygens (including phenoxy) is 1. The molecule has 0 radical (unpaired) electrons. The van der Waals surface area contributed by atoms with Crippen LogP contribution in [0.4, 0.5) is 8.78 Å². The molecule has 5 nitrogen and oxygen atoms in total. The first-order valence-corrected chi connectivity index (χ1v) is 9.31. The summed E-state index contributed by atoms with van der Waals surface area (Å²) in [5, 5.41) is 0.564. The molecule has 5 rings (SSSR count). The minimum atomic E-state index is -2.94. The van der Waals surface area contributed by atoms with E-state index in [1.165, 1.54) is 6.07 Å². The lowest BCUT2D eigenvalue weighted by Gasteiger charge is -2.28. The van der Waals surface area contributed by atoms with Crippen molar-refractivity contribution in [1.29, 1.82) is 0 Å². The summed E-state index contributed by atoms with van der Waals surface area (Å²) in [6.45, 7) is -2.94. The van der Waals surface area contributed by atoms with Crippen molar-refractivity contribution < 1.29 is 18.3 Å². The van der Waals surface area contributed by atoms with E-state index < -0.39 is 6.61 Å². The number of alkyl halides is 2. The minimum absolute atomic E-state index is 0.0857. The molecule has 0 spiro atoms. The van der Waals surface area contributed by atoms with E-state index in [1.54, 1.807) is 30.1 Å². The van der Waals surface area contributed by atoms with Crippen molar-refractivity contribution in [3.05, 3.63) is 58.4 Å². The number of hydrogen-bond acceptors (Lipinski definition) is 3. The van der Waals surface area contributed by atoms with Crippen LogP contribution in [0.25, 0.3) is 11.0 Å². The Balaban J connectivity index is 1.81. The number of rotatable bonds is 2. The van der Waals surface area contributed by atoms with Gasteiger partial charge in [0.1, 0.15) is 11.6 Å². The van der Waals surface area contributed by atoms with Gasteiger partial charge >= 0.3 is 6.61 Å². The molecule has 0 fully saturated rings. The molecule has 28 heavy (non-hydrogen) atoms. The summed E-state index contributed by atoms with van der Waals surface area (Å²) < 4.78 is 33.0. The maximum atomic E-state index is 13.1. The topological polar surface area (TPSA) is 47.4 Å². The van der Waals surface area contributed by atoms with Gasteiger partial charge in [-0.3, -0.25) is 4.79 Å². The molecule has 0 N–H and O–H groups in total. The van der Waals surface area contributed by atoms with Gasteiger partial charge in [0.2, 0.25) is 5.91 Å². The second-order valence-corrected chi connectivity index (χ2v) is 7.57. The number of hydrogen-bond donors (Lipinski definition) is 0. The quantitative estimate of drug-likeness (QED) is 0.639. The van der Waals surface area contributed by atoms with E-state index in [9.17, 15) is 13.6 Å². The summed E-state index contributed by atoms with van der Waals surface area (Å²) >= 11 is 6.21. The zero-order valence-corrected chi connectivity index (χ0v) is 15.7. The first kappa shape index (κ1) is 17.4. The molecule has 2 aliphatic heterocycles. The second kappa shape index (κ2) is 6.17. The van der Waals surface area contributed by atoms with Crippen molar-refractivity contribution in [3.63, 3.8) is 0 Å². The van der Waals surface area contributed by atoms with E-state index in [4.69, 9.17) is 21.3 Å². The average molecular weight is 404 g/mol. The van der Waals surface area contributed by atoms with E-state index in [-0.39, 0.29) is 30.2 Å². The van der Waals surface area contributed by atoms with Gasteiger partial charge in [0.05, 0.1) is 29.5 Å². The lowest BCUT2D eigenvalue weighted by Crippen LogP contribution is -2.33. The number of carbonyl (C=O) groups excluding carboxylic acids is 1. The first-order chi connectivity index (χ1) is 13.4. The van der Waals surface area contributed by atoms with E-state index >= 15 is 0 Å². The van der Waals surface area contributed by atoms with Crippen LogP contribution >= 0.6 is 11.6 Å². The summed E-state index contributed by atoms with van der Waals surface area (Å²) in [4.78, 5) is 19.2. The number of likely N-dealkylation sites (N-methyl/N-ethyl adjacent to an activating group) is 1. The third-order valence-corrected chi connectivity index (χ3v) is 5.88. The summed E-state index contributed by atoms with van der Waals surface area (Å²) in [5.41, 5.74) is 2.88. The van der Waals surface area contributed by atoms with E-state index in [1.807, 2.05) is 16.7 Å². The molecule has 144 valence electrons. The molecular weight excluding hydrogens is 388 g/mol. The molecule has 2 bridgehead atoms. The fourth-order valence-electron chi connectivity index (χ4n) is 4.43. The summed E-state index contributed by atoms with van der Waals surface area (Å²) in [6.07, 6.45) is 0.673. The summed E-state index contributed by atoms with van der Waals surface area (Å²) in [7, 11) is 1.76. The largest absolute Gasteiger partial charge is 0.434 e. The standard InChI is InChI=1S/C20H16ClF2N3O2/c1-25-15-9-14(26-13-8-11(21)5-6-12(13)24-19(15)26)18-10(7-17(25)27)3-2-4-16(18)28-20(22)23/h2-6,8,14-15,20H,7,9H2,1H3/t14-,15-/m1/s1. The maximum absolute atomic E-state index is 13.1. The molecule has 8 heteroatoms. The van der Waals surface area contributed by atoms with Gasteiger partial charge in [-0.1, -0.05) is 23.7 Å². The fourth-order valence-corrected chi connectivity index (χ4v) is 4.60. The van der Waals surface area contributed by atoms with Crippen LogP contribution in [0.15, 0.2) is 36.4 Å². The molecule has 0 unspecified atom stereocenters. The third-order valence-electron chi connectivity index (χ3n) is 5.64. The molecular formula is C20H16ClF2N3O2. The third kappa shape index (κ3) is 2.49. The van der Waals surface area contributed by atoms with Gasteiger partial charge < -0.3 is 14.2 Å². The highest BCUT2D eigenvalue weighted by atomic mass is 35.5. The number of nitrogens with zero attached hydrogens (tertiary/aromatic N) is 3. The molecule has 0 saturated heterocycles. The number of fused-ring (bicyclic) bond motifs is 9. The molecule has 1 amide bonds. The molecule has 2 aromatic carbocycles. The Morgan fingerprint density at radius 2 is 2.07 bits per heavy atom. The van der Waals surface area contributed by atoms with Crippen molar-refractivity contribution in [2.24, 2.45) is 0 Å². The predicted octanol–water partition coefficient (Wildman–Crippen LogP) is 4.34. The van der Waals surface area contributed by atoms with Crippen LogP contribution < -0.4 is 4.74 Å². The zero-order chi connectivity index (χ0) is 19.6. The van der Waals surface area contributed by atoms with E-state index in [0.717, 1.165) is 16.9 Å². The Morgan fingerprint density at radius 3 is 2.86 bits per heavy atom. The van der Waals surface area contributed by atoms with Gasteiger partial charge in [0.15, 0.2) is 0 Å². The van der Waals surface area contributed by atoms with Crippen LogP contribution in [0.1, 0.15) is 35.5 Å². The average Bonchev–Trinajstić information content (AvgIpc) is 3.18. The van der Waals surface area contributed by atoms with Crippen LogP contribution in [0.5, 0.6) is 5.75 Å². The predicted molar refractivity (Wildman–Crippen MR) is 99.8 cm³/mol. The number of halogens is 3. The number of aromatic nitrogens is 2. The second-order valence-electron chi connectivity index (χ2n) is 7.13. The van der Waals surface area contributed by atoms with Gasteiger partial charge in [0.25, 0.3) is 0 Å². The number of benzene rings is 2. The van der Waals surface area contributed by atoms with Crippen molar-refractivity contribution in [1.82, 2.24) is 14.5 Å². The smallest absolute Gasteiger partial charge is 0.387 e. The summed E-state index contributed by atoms with van der Waals surface area (Å²) in [5.74, 6) is 0.751. The highest BCUT2D eigenvalue weighted by Gasteiger charge is 2.42. The first-order valence-electron chi connectivity index (χ1n) is 8.93. The van der Waals surface area contributed by atoms with Gasteiger partial charge in [-0.15, -0.1) is 0 Å². The Morgan fingerprint density at radius 1 is 1.25 bits per heavy atom. The van der Waals surface area contributed by atoms with E-state index in [0.29, 0.717) is 22.6 Å². The van der Waals surface area contributed by atoms with Crippen molar-refractivity contribution >= 4 is 28.5 Å². The lowest BCUT2D eigenvalue weighted by atomic mass is 9.91. The monoisotopic (exact) mass is 403 g/mol. The molecule has 0 saturated carbocycles. The number of carbonyl (C=O) groups is 1. The lowest BCUT2D eigenvalue weighted by molar-refractivity contribution is -0.131. The Hall–Kier alpha value is -2.67. The van der Waals surface area contributed by atoms with Crippen LogP contribution in [0, 0.1) is 0 Å². The Bertz CT molecular complexity index is 1110. The maximum Gasteiger partial charge on any atom is 0.387 e. The van der Waals surface area contributed by atoms with Crippen molar-refractivity contribution in [2.75, 3.05) is 7.05 Å². The highest BCUT2D eigenvalue weighted by Crippen LogP contribution is 2.48. The van der Waals surface area contributed by atoms with Crippen LogP contribution in [0.3, 0.4) is 0 Å². The molecule has 3 heterocycles. The van der Waals surface area contributed by atoms with Crippen molar-refractivity contribution in [3.8, 4) is 5.75 Å². The van der Waals surface area contributed by atoms with Gasteiger partial charge in [0, 0.05) is 24.1 Å². The van der Waals surface area contributed by atoms with Crippen LogP contribution in [0.2, 0.25) is 5.02 Å². The van der Waals surface area contributed by atoms with Gasteiger partial charge in [-0.25, -0.2) is 4.98 Å².